The molecule has 144 valence electrons. The fraction of sp³-hybridized carbons (Fsp3) is 0.0556. The van der Waals surface area contributed by atoms with Gasteiger partial charge in [0.1, 0.15) is 16.4 Å². The van der Waals surface area contributed by atoms with Gasteiger partial charge in [-0.05, 0) is 42.5 Å². The van der Waals surface area contributed by atoms with Gasteiger partial charge >= 0.3 is 0 Å². The summed E-state index contributed by atoms with van der Waals surface area (Å²) in [6.45, 7) is 0. The number of halogens is 1. The Morgan fingerprint density at radius 3 is 2.61 bits per heavy atom. The fourth-order valence-electron chi connectivity index (χ4n) is 2.36. The number of benzene rings is 2. The zero-order valence-electron chi connectivity index (χ0n) is 14.4. The van der Waals surface area contributed by atoms with Crippen molar-refractivity contribution in [2.75, 3.05) is 7.11 Å². The van der Waals surface area contributed by atoms with Crippen LogP contribution in [-0.4, -0.2) is 29.1 Å². The number of carbonyl (C=O) groups excluding carboxylic acids is 2. The number of fused-ring (bicyclic) bond motifs is 1. The number of nitrogens with one attached hydrogen (secondary N) is 3. The smallest absolute Gasteiger partial charge is 0.273 e. The minimum absolute atomic E-state index is 0.0608. The van der Waals surface area contributed by atoms with Crippen LogP contribution >= 0.6 is 35.2 Å². The first-order valence-electron chi connectivity index (χ1n) is 7.86. The Hall–Kier alpha value is -2.88. The first-order chi connectivity index (χ1) is 13.4. The van der Waals surface area contributed by atoms with Crippen molar-refractivity contribution < 1.29 is 19.4 Å². The van der Waals surface area contributed by atoms with Crippen molar-refractivity contribution in [1.82, 2.24) is 16.2 Å². The second-order valence-electron chi connectivity index (χ2n) is 5.49. The first-order valence-corrected chi connectivity index (χ1v) is 9.46. The molecule has 0 saturated heterocycles. The number of carbonyl (C=O) groups is 2. The van der Waals surface area contributed by atoms with Crippen molar-refractivity contribution in [1.29, 1.82) is 0 Å². The molecule has 7 nitrogen and oxygen atoms in total. The molecule has 0 fully saturated rings. The number of phenols is 1. The normalized spacial score (nSPS) is 10.4. The highest BCUT2D eigenvalue weighted by molar-refractivity contribution is 7.80. The van der Waals surface area contributed by atoms with Gasteiger partial charge in [0.2, 0.25) is 0 Å². The van der Waals surface area contributed by atoms with Gasteiger partial charge in [0.05, 0.1) is 17.7 Å². The van der Waals surface area contributed by atoms with Gasteiger partial charge in [-0.25, -0.2) is 0 Å². The van der Waals surface area contributed by atoms with E-state index in [2.05, 4.69) is 16.2 Å². The summed E-state index contributed by atoms with van der Waals surface area (Å²) in [5.41, 5.74) is 4.77. The van der Waals surface area contributed by atoms with E-state index in [4.69, 9.17) is 28.6 Å². The number of hydrogen-bond donors (Lipinski definition) is 4. The van der Waals surface area contributed by atoms with Gasteiger partial charge in [-0.2, -0.15) is 0 Å². The zero-order valence-corrected chi connectivity index (χ0v) is 16.8. The minimum atomic E-state index is -0.610. The first kappa shape index (κ1) is 19.9. The summed E-state index contributed by atoms with van der Waals surface area (Å²) in [7, 11) is 1.55. The maximum atomic E-state index is 12.5. The summed E-state index contributed by atoms with van der Waals surface area (Å²) < 4.78 is 5.96. The summed E-state index contributed by atoms with van der Waals surface area (Å²) in [6.07, 6.45) is 0. The lowest BCUT2D eigenvalue weighted by molar-refractivity contribution is 0.0933. The van der Waals surface area contributed by atoms with Crippen molar-refractivity contribution in [3.8, 4) is 11.5 Å². The number of para-hydroxylation sites is 1. The van der Waals surface area contributed by atoms with E-state index >= 15 is 0 Å². The molecule has 1 heterocycles. The average molecular weight is 436 g/mol. The lowest BCUT2D eigenvalue weighted by atomic mass is 10.2. The maximum Gasteiger partial charge on any atom is 0.273 e. The van der Waals surface area contributed by atoms with E-state index in [-0.39, 0.29) is 21.3 Å². The van der Waals surface area contributed by atoms with Gasteiger partial charge < -0.3 is 9.84 Å². The van der Waals surface area contributed by atoms with Crippen molar-refractivity contribution >= 4 is 62.2 Å². The van der Waals surface area contributed by atoms with Crippen LogP contribution in [0.15, 0.2) is 42.5 Å². The van der Waals surface area contributed by atoms with Gasteiger partial charge in [-0.3, -0.25) is 25.8 Å². The number of thiophene rings is 1. The van der Waals surface area contributed by atoms with E-state index in [1.165, 1.54) is 23.5 Å². The van der Waals surface area contributed by atoms with Crippen molar-refractivity contribution in [3.05, 3.63) is 57.9 Å². The number of rotatable bonds is 3. The molecule has 0 aliphatic heterocycles. The monoisotopic (exact) mass is 435 g/mol. The molecule has 0 atom stereocenters. The number of hydrogen-bond acceptors (Lipinski definition) is 6. The van der Waals surface area contributed by atoms with E-state index in [0.29, 0.717) is 10.8 Å². The van der Waals surface area contributed by atoms with E-state index < -0.39 is 11.8 Å². The topological polar surface area (TPSA) is 99.7 Å². The molecule has 0 aliphatic carbocycles. The lowest BCUT2D eigenvalue weighted by Gasteiger charge is -2.11. The minimum Gasteiger partial charge on any atom is -0.507 e. The molecule has 0 unspecified atom stereocenters. The maximum absolute atomic E-state index is 12.5. The number of ether oxygens (including phenoxy) is 1. The standard InChI is InChI=1S/C18H14ClN3O4S2/c1-26-9-6-7-11-13(8-9)28-15(14(11)19)17(25)20-18(27)22-21-16(24)10-4-2-3-5-12(10)23/h2-8,23H,1H3,(H,21,24)(H2,20,22,25,27). The molecular weight excluding hydrogens is 422 g/mol. The van der Waals surface area contributed by atoms with Crippen molar-refractivity contribution in [3.63, 3.8) is 0 Å². The van der Waals surface area contributed by atoms with Crippen LogP contribution in [0.5, 0.6) is 11.5 Å². The highest BCUT2D eigenvalue weighted by Crippen LogP contribution is 2.37. The third-order valence-electron chi connectivity index (χ3n) is 3.71. The summed E-state index contributed by atoms with van der Waals surface area (Å²) in [5.74, 6) is -0.646. The van der Waals surface area contributed by atoms with E-state index in [1.54, 1.807) is 37.4 Å². The Kier molecular flexibility index (Phi) is 5.98. The molecule has 1 aromatic heterocycles. The molecule has 3 aromatic rings. The number of aromatic hydroxyl groups is 1. The Balaban J connectivity index is 1.65. The highest BCUT2D eigenvalue weighted by atomic mass is 35.5. The number of phenolic OH excluding ortho intramolecular Hbond substituents is 1. The van der Waals surface area contributed by atoms with E-state index in [1.807, 2.05) is 0 Å². The van der Waals surface area contributed by atoms with Crippen LogP contribution < -0.4 is 20.9 Å². The molecule has 0 spiro atoms. The Morgan fingerprint density at radius 1 is 1.14 bits per heavy atom. The molecule has 10 heteroatoms. The fourth-order valence-corrected chi connectivity index (χ4v) is 3.94. The van der Waals surface area contributed by atoms with Crippen LogP contribution in [0.2, 0.25) is 5.02 Å². The number of amides is 2. The van der Waals surface area contributed by atoms with Crippen LogP contribution in [0, 0.1) is 0 Å². The number of methoxy groups -OCH3 is 1. The van der Waals surface area contributed by atoms with Gasteiger partial charge in [-0.1, -0.05) is 23.7 Å². The molecule has 3 rings (SSSR count). The Bertz CT molecular complexity index is 1080. The van der Waals surface area contributed by atoms with Gasteiger partial charge in [0, 0.05) is 10.1 Å². The molecule has 0 bridgehead atoms. The SMILES string of the molecule is COc1ccc2c(Cl)c(C(=O)NC(=S)NNC(=O)c3ccccc3O)sc2c1. The second-order valence-corrected chi connectivity index (χ2v) is 7.33. The number of thiocarbonyl (C=S) groups is 1. The molecule has 28 heavy (non-hydrogen) atoms. The van der Waals surface area contributed by atoms with Gasteiger partial charge in [0.15, 0.2) is 5.11 Å². The third-order valence-corrected chi connectivity index (χ3v) is 5.57. The molecule has 0 aliphatic rings. The Morgan fingerprint density at radius 2 is 1.89 bits per heavy atom. The molecular formula is C18H14ClN3O4S2. The second kappa shape index (κ2) is 8.42. The van der Waals surface area contributed by atoms with Crippen molar-refractivity contribution in [2.24, 2.45) is 0 Å². The summed E-state index contributed by atoms with van der Waals surface area (Å²) >= 11 is 12.5. The lowest BCUT2D eigenvalue weighted by Crippen LogP contribution is -2.48. The molecule has 4 N–H and O–H groups in total. The van der Waals surface area contributed by atoms with Crippen LogP contribution in [0.4, 0.5) is 0 Å². The van der Waals surface area contributed by atoms with Crippen LogP contribution in [-0.2, 0) is 0 Å². The quantitative estimate of drug-likeness (QED) is 0.372. The predicted octanol–water partition coefficient (Wildman–Crippen LogP) is 3.22. The highest BCUT2D eigenvalue weighted by Gasteiger charge is 2.19. The summed E-state index contributed by atoms with van der Waals surface area (Å²) in [6, 6.07) is 11.3. The predicted molar refractivity (Wildman–Crippen MR) is 112 cm³/mol. The summed E-state index contributed by atoms with van der Waals surface area (Å²) in [4.78, 5) is 24.8. The summed E-state index contributed by atoms with van der Waals surface area (Å²) in [5, 5.41) is 13.0. The average Bonchev–Trinajstić information content (AvgIpc) is 3.02. The third kappa shape index (κ3) is 4.16. The van der Waals surface area contributed by atoms with Gasteiger partial charge in [-0.15, -0.1) is 11.3 Å². The molecule has 0 radical (unpaired) electrons. The molecule has 0 saturated carbocycles. The van der Waals surface area contributed by atoms with E-state index in [0.717, 1.165) is 10.1 Å². The van der Waals surface area contributed by atoms with Crippen molar-refractivity contribution in [2.45, 2.75) is 0 Å². The van der Waals surface area contributed by atoms with Gasteiger partial charge in [0.25, 0.3) is 11.8 Å². The Labute approximate surface area is 174 Å². The number of hydrazine groups is 1. The van der Waals surface area contributed by atoms with Crippen LogP contribution in [0.25, 0.3) is 10.1 Å². The molecule has 2 aromatic carbocycles. The van der Waals surface area contributed by atoms with Crippen LogP contribution in [0.3, 0.4) is 0 Å². The van der Waals surface area contributed by atoms with Crippen LogP contribution in [0.1, 0.15) is 20.0 Å². The van der Waals surface area contributed by atoms with E-state index in [9.17, 15) is 14.7 Å². The largest absolute Gasteiger partial charge is 0.507 e. The zero-order chi connectivity index (χ0) is 20.3. The molecule has 2 amide bonds.